The number of carbonyl (C=O) groups excluding carboxylic acids is 2. The molecule has 2 amide bonds. The smallest absolute Gasteiger partial charge is 0.413 e. The number of hydrogen-bond donors (Lipinski definition) is 0. The summed E-state index contributed by atoms with van der Waals surface area (Å²) in [6, 6.07) is 12.6. The average molecular weight is 504 g/mol. The summed E-state index contributed by atoms with van der Waals surface area (Å²) in [7, 11) is 0. The molecule has 1 fully saturated rings. The number of aromatic nitrogens is 2. The SMILES string of the molecule is CCC(=O)N1CCC(C(=O)N(Cc2ccc(-c3nnc(C(F)(F)F)o3)cc2F)c2ccccc2)CC1. The van der Waals surface area contributed by atoms with Crippen molar-refractivity contribution in [2.75, 3.05) is 18.0 Å². The lowest BCUT2D eigenvalue weighted by molar-refractivity contribution is -0.157. The van der Waals surface area contributed by atoms with E-state index in [-0.39, 0.29) is 35.4 Å². The Balaban J connectivity index is 1.55. The van der Waals surface area contributed by atoms with Gasteiger partial charge in [-0.05, 0) is 37.1 Å². The maximum Gasteiger partial charge on any atom is 0.470 e. The molecule has 0 bridgehead atoms. The Kier molecular flexibility index (Phi) is 7.37. The predicted octanol–water partition coefficient (Wildman–Crippen LogP) is 5.08. The zero-order valence-electron chi connectivity index (χ0n) is 19.5. The number of alkyl halides is 3. The highest BCUT2D eigenvalue weighted by atomic mass is 19.4. The molecule has 190 valence electrons. The fourth-order valence-corrected chi connectivity index (χ4v) is 4.16. The second kappa shape index (κ2) is 10.5. The minimum absolute atomic E-state index is 0.00944. The second-order valence-electron chi connectivity index (χ2n) is 8.48. The van der Waals surface area contributed by atoms with Crippen LogP contribution in [0.4, 0.5) is 23.2 Å². The first-order valence-corrected chi connectivity index (χ1v) is 11.5. The summed E-state index contributed by atoms with van der Waals surface area (Å²) in [4.78, 5) is 28.7. The highest BCUT2D eigenvalue weighted by Gasteiger charge is 2.38. The molecule has 7 nitrogen and oxygen atoms in total. The molecule has 0 saturated carbocycles. The van der Waals surface area contributed by atoms with E-state index >= 15 is 4.39 Å². The first-order chi connectivity index (χ1) is 17.2. The summed E-state index contributed by atoms with van der Waals surface area (Å²) >= 11 is 0. The Morgan fingerprint density at radius 2 is 1.78 bits per heavy atom. The summed E-state index contributed by atoms with van der Waals surface area (Å²) in [6.45, 7) is 2.68. The molecule has 2 aromatic carbocycles. The highest BCUT2D eigenvalue weighted by Crippen LogP contribution is 2.31. The molecule has 0 unspecified atom stereocenters. The number of likely N-dealkylation sites (tertiary alicyclic amines) is 1. The van der Waals surface area contributed by atoms with Crippen molar-refractivity contribution >= 4 is 17.5 Å². The first-order valence-electron chi connectivity index (χ1n) is 11.5. The van der Waals surface area contributed by atoms with Crippen LogP contribution in [0, 0.1) is 11.7 Å². The number of benzene rings is 2. The molecule has 0 atom stereocenters. The van der Waals surface area contributed by atoms with Crippen LogP contribution in [0.5, 0.6) is 0 Å². The van der Waals surface area contributed by atoms with Crippen LogP contribution in [0.25, 0.3) is 11.5 Å². The molecule has 0 spiro atoms. The zero-order valence-corrected chi connectivity index (χ0v) is 19.5. The molecule has 4 rings (SSSR count). The van der Waals surface area contributed by atoms with Crippen LogP contribution in [0.1, 0.15) is 37.6 Å². The van der Waals surface area contributed by atoms with Crippen LogP contribution in [0.2, 0.25) is 0 Å². The van der Waals surface area contributed by atoms with Gasteiger partial charge in [-0.1, -0.05) is 31.2 Å². The Bertz CT molecular complexity index is 1220. The molecule has 2 heterocycles. The van der Waals surface area contributed by atoms with E-state index in [9.17, 15) is 22.8 Å². The minimum atomic E-state index is -4.81. The fraction of sp³-hybridized carbons (Fsp3) is 0.360. The summed E-state index contributed by atoms with van der Waals surface area (Å²) in [5.74, 6) is -3.16. The lowest BCUT2D eigenvalue weighted by Gasteiger charge is -2.34. The number of halogens is 4. The van der Waals surface area contributed by atoms with Crippen molar-refractivity contribution in [1.82, 2.24) is 15.1 Å². The molecule has 0 aliphatic carbocycles. The Hall–Kier alpha value is -3.76. The van der Waals surface area contributed by atoms with Gasteiger partial charge in [0.1, 0.15) is 5.82 Å². The lowest BCUT2D eigenvalue weighted by Crippen LogP contribution is -2.44. The molecule has 0 N–H and O–H groups in total. The van der Waals surface area contributed by atoms with E-state index in [0.717, 1.165) is 6.07 Å². The summed E-state index contributed by atoms with van der Waals surface area (Å²) < 4.78 is 57.9. The predicted molar refractivity (Wildman–Crippen MR) is 122 cm³/mol. The molecular weight excluding hydrogens is 480 g/mol. The molecule has 36 heavy (non-hydrogen) atoms. The van der Waals surface area contributed by atoms with Crippen molar-refractivity contribution in [3.8, 4) is 11.5 Å². The van der Waals surface area contributed by atoms with Crippen molar-refractivity contribution in [2.24, 2.45) is 5.92 Å². The van der Waals surface area contributed by atoms with Crippen molar-refractivity contribution in [3.63, 3.8) is 0 Å². The van der Waals surface area contributed by atoms with Crippen LogP contribution in [0.15, 0.2) is 52.9 Å². The van der Waals surface area contributed by atoms with Gasteiger partial charge in [-0.25, -0.2) is 4.39 Å². The second-order valence-corrected chi connectivity index (χ2v) is 8.48. The van der Waals surface area contributed by atoms with Crippen LogP contribution in [0.3, 0.4) is 0 Å². The van der Waals surface area contributed by atoms with Gasteiger partial charge < -0.3 is 14.2 Å². The number of nitrogens with zero attached hydrogens (tertiary/aromatic N) is 4. The van der Waals surface area contributed by atoms with Gasteiger partial charge >= 0.3 is 12.1 Å². The molecule has 1 aliphatic rings. The lowest BCUT2D eigenvalue weighted by atomic mass is 9.94. The maximum absolute atomic E-state index is 15.0. The average Bonchev–Trinajstić information content (AvgIpc) is 3.39. The molecule has 11 heteroatoms. The van der Waals surface area contributed by atoms with Gasteiger partial charge in [0, 0.05) is 42.2 Å². The largest absolute Gasteiger partial charge is 0.470 e. The zero-order chi connectivity index (χ0) is 25.9. The van der Waals surface area contributed by atoms with Crippen LogP contribution in [-0.4, -0.2) is 40.0 Å². The van der Waals surface area contributed by atoms with Crippen LogP contribution < -0.4 is 4.90 Å². The van der Waals surface area contributed by atoms with Crippen molar-refractivity contribution in [1.29, 1.82) is 0 Å². The standard InChI is InChI=1S/C25H24F4N4O3/c1-2-21(34)32-12-10-16(11-13-32)23(35)33(19-6-4-3-5-7-19)15-18-9-8-17(14-20(18)26)22-30-31-24(36-22)25(27,28)29/h3-9,14,16H,2,10-13,15H2,1H3. The third-order valence-corrected chi connectivity index (χ3v) is 6.13. The first kappa shape index (κ1) is 25.3. The third-order valence-electron chi connectivity index (χ3n) is 6.13. The quantitative estimate of drug-likeness (QED) is 0.438. The molecule has 1 aromatic heterocycles. The van der Waals surface area contributed by atoms with Gasteiger partial charge in [-0.2, -0.15) is 13.2 Å². The summed E-state index contributed by atoms with van der Waals surface area (Å²) in [5.41, 5.74) is 0.750. The van der Waals surface area contributed by atoms with Crippen LogP contribution in [-0.2, 0) is 22.3 Å². The molecule has 3 aromatic rings. The van der Waals surface area contributed by atoms with Crippen molar-refractivity contribution in [3.05, 3.63) is 65.8 Å². The van der Waals surface area contributed by atoms with E-state index < -0.39 is 23.8 Å². The van der Waals surface area contributed by atoms with Crippen molar-refractivity contribution < 1.29 is 31.6 Å². The number of carbonyl (C=O) groups is 2. The number of hydrogen-bond acceptors (Lipinski definition) is 5. The number of amides is 2. The van der Waals surface area contributed by atoms with Gasteiger partial charge in [0.15, 0.2) is 0 Å². The maximum atomic E-state index is 15.0. The number of para-hydroxylation sites is 1. The van der Waals surface area contributed by atoms with E-state index in [0.29, 0.717) is 38.0 Å². The number of anilines is 1. The summed E-state index contributed by atoms with van der Waals surface area (Å²) in [5, 5.41) is 6.31. The van der Waals surface area contributed by atoms with E-state index in [2.05, 4.69) is 14.6 Å². The number of piperidine rings is 1. The Labute approximate surface area is 204 Å². The van der Waals surface area contributed by atoms with E-state index in [1.807, 2.05) is 0 Å². The summed E-state index contributed by atoms with van der Waals surface area (Å²) in [6.07, 6.45) is -3.38. The monoisotopic (exact) mass is 504 g/mol. The third kappa shape index (κ3) is 5.55. The van der Waals surface area contributed by atoms with Gasteiger partial charge in [0.05, 0.1) is 6.54 Å². The topological polar surface area (TPSA) is 79.5 Å². The highest BCUT2D eigenvalue weighted by molar-refractivity contribution is 5.95. The fourth-order valence-electron chi connectivity index (χ4n) is 4.16. The molecule has 0 radical (unpaired) electrons. The number of rotatable bonds is 6. The van der Waals surface area contributed by atoms with Gasteiger partial charge in [0.2, 0.25) is 17.7 Å². The molecule has 1 aliphatic heterocycles. The van der Waals surface area contributed by atoms with Gasteiger partial charge in [0.25, 0.3) is 0 Å². The van der Waals surface area contributed by atoms with E-state index in [1.165, 1.54) is 17.0 Å². The van der Waals surface area contributed by atoms with Gasteiger partial charge in [-0.15, -0.1) is 10.2 Å². The van der Waals surface area contributed by atoms with Crippen LogP contribution >= 0.6 is 0 Å². The normalized spacial score (nSPS) is 14.6. The molecule has 1 saturated heterocycles. The van der Waals surface area contributed by atoms with Crippen molar-refractivity contribution in [2.45, 2.75) is 38.9 Å². The van der Waals surface area contributed by atoms with Gasteiger partial charge in [-0.3, -0.25) is 9.59 Å². The van der Waals surface area contributed by atoms with E-state index in [4.69, 9.17) is 0 Å². The Morgan fingerprint density at radius 1 is 1.08 bits per heavy atom. The van der Waals surface area contributed by atoms with E-state index in [1.54, 1.807) is 42.2 Å². The minimum Gasteiger partial charge on any atom is -0.413 e. The Morgan fingerprint density at radius 3 is 2.36 bits per heavy atom. The molecular formula is C25H24F4N4O3.